The lowest BCUT2D eigenvalue weighted by molar-refractivity contribution is 1.03. The van der Waals surface area contributed by atoms with Crippen molar-refractivity contribution in [3.05, 3.63) is 453 Å². The quantitative estimate of drug-likeness (QED) is 0.122. The molecule has 18 aromatic carbocycles. The molecule has 0 aliphatic heterocycles. The molecule has 22 rings (SSSR count). The van der Waals surface area contributed by atoms with E-state index in [1.54, 1.807) is 0 Å². The van der Waals surface area contributed by atoms with Crippen molar-refractivity contribution in [1.82, 2.24) is 13.7 Å². The maximum Gasteiger partial charge on any atom is 0.0699 e. The molecule has 116 heavy (non-hydrogen) atoms. The predicted molar refractivity (Wildman–Crippen MR) is 495 cm³/mol. The minimum absolute atomic E-state index is 0.258. The van der Waals surface area contributed by atoms with E-state index in [9.17, 15) is 0 Å². The monoisotopic (exact) mass is 1490 g/mol. The van der Waals surface area contributed by atoms with Crippen LogP contribution in [0.25, 0.3) is 115 Å². The summed E-state index contributed by atoms with van der Waals surface area (Å²) in [4.78, 5) is 9.01. The average molecular weight is 1490 g/mol. The maximum atomic E-state index is 2.40. The summed E-state index contributed by atoms with van der Waals surface area (Å²) < 4.78 is 7.13. The van der Waals surface area contributed by atoms with Crippen LogP contribution in [0.3, 0.4) is 0 Å². The predicted octanol–water partition coefficient (Wildman–Crippen LogP) is 28.6. The molecule has 0 saturated heterocycles. The highest BCUT2D eigenvalue weighted by Crippen LogP contribution is 2.51. The summed E-state index contributed by atoms with van der Waals surface area (Å²) in [6, 6.07) is 156. The van der Waals surface area contributed by atoms with Gasteiger partial charge in [-0.25, -0.2) is 0 Å². The van der Waals surface area contributed by atoms with Gasteiger partial charge in [0.05, 0.1) is 50.2 Å². The van der Waals surface area contributed by atoms with E-state index >= 15 is 0 Å². The van der Waals surface area contributed by atoms with E-state index in [1.165, 1.54) is 177 Å². The number of anilines is 8. The Hall–Kier alpha value is -14.9. The smallest absolute Gasteiger partial charge is 0.0699 e. The van der Waals surface area contributed by atoms with E-state index < -0.39 is 0 Å². The van der Waals surface area contributed by atoms with Crippen molar-refractivity contribution in [3.8, 4) is 28.2 Å². The highest BCUT2D eigenvalue weighted by atomic mass is 15.1. The van der Waals surface area contributed by atoms with E-state index in [1.807, 2.05) is 6.07 Å². The fraction of sp³-hybridized carbons (Fsp3) is 0.0459. The van der Waals surface area contributed by atoms with Gasteiger partial charge in [0.25, 0.3) is 0 Å². The molecule has 0 amide bonds. The number of rotatable bonds is 12. The van der Waals surface area contributed by atoms with Gasteiger partial charge in [-0.3, -0.25) is 0 Å². The van der Waals surface area contributed by atoms with Gasteiger partial charge in [-0.05, 0) is 167 Å². The van der Waals surface area contributed by atoms with E-state index in [4.69, 9.17) is 0 Å². The molecule has 0 N–H and O–H groups in total. The number of para-hydroxylation sites is 12. The Morgan fingerprint density at radius 3 is 0.948 bits per heavy atom. The molecule has 0 bridgehead atoms. The molecule has 0 saturated carbocycles. The summed E-state index contributed by atoms with van der Waals surface area (Å²) in [6.07, 6.45) is 0. The standard InChI is InChI=1S/C30H23N.C29H22N2.2C25H20N2/c1-31(21-11-3-2-4-12-21)29-20-10-17-24-25(29)18-9-19-28(24)30-26-15-7-5-13-22(26)23-14-6-8-16-27(23)30;1-30(21-11-3-2-4-12-21)26-19-20-29(23-14-6-5-13-22(23)26)31-27-17-9-7-15-24(27)25-16-8-10-18-28(25)31;1-26(19-11-3-2-4-12-19)24-17-9-10-18-25(24)27-22-15-7-5-13-20(22)21-14-6-8-16-23(21)27;1-26(19-10-3-2-4-11-19)20-12-9-13-21(18-20)27-24-16-7-5-14-22(24)23-15-6-8-17-25(23)27/h2-20,30H,1H3;2-20H,1H3;2*2-18H,1H3. The third-order valence-electron chi connectivity index (χ3n) is 23.2. The molecule has 0 unspecified atom stereocenters. The van der Waals surface area contributed by atoms with E-state index in [-0.39, 0.29) is 5.92 Å². The van der Waals surface area contributed by atoms with Crippen LogP contribution in [0.5, 0.6) is 0 Å². The molecular formula is C109H85N7. The Bertz CT molecular complexity index is 6920. The lowest BCUT2D eigenvalue weighted by atomic mass is 9.86. The van der Waals surface area contributed by atoms with Gasteiger partial charge >= 0.3 is 0 Å². The molecule has 3 aromatic heterocycles. The normalized spacial score (nSPS) is 11.6. The van der Waals surface area contributed by atoms with E-state index in [0.717, 1.165) is 0 Å². The Morgan fingerprint density at radius 2 is 0.474 bits per heavy atom. The number of fused-ring (bicyclic) bond motifs is 14. The number of aromatic nitrogens is 3. The van der Waals surface area contributed by atoms with Crippen molar-refractivity contribution in [2.75, 3.05) is 47.8 Å². The van der Waals surface area contributed by atoms with Crippen LogP contribution in [0.2, 0.25) is 0 Å². The SMILES string of the molecule is CN(c1ccccc1)c1ccc(-n2c3ccccc3c3ccccc32)c2ccccc12.CN(c1ccccc1)c1cccc(-n2c3ccccc3c3ccccc32)c1.CN(c1ccccc1)c1cccc2c(C3c4ccccc4-c4ccccc43)cccc12.CN(c1ccccc1)c1ccccc1-n1c2ccccc2c2ccccc21. The molecule has 7 nitrogen and oxygen atoms in total. The van der Waals surface area contributed by atoms with Crippen LogP contribution >= 0.6 is 0 Å². The summed E-state index contributed by atoms with van der Waals surface area (Å²) in [6.45, 7) is 0. The van der Waals surface area contributed by atoms with Crippen LogP contribution < -0.4 is 19.6 Å². The fourth-order valence-corrected chi connectivity index (χ4v) is 17.6. The third-order valence-corrected chi connectivity index (χ3v) is 23.2. The van der Waals surface area contributed by atoms with Crippen molar-refractivity contribution >= 4 is 132 Å². The first-order chi connectivity index (χ1) is 57.3. The van der Waals surface area contributed by atoms with Crippen molar-refractivity contribution < 1.29 is 0 Å². The van der Waals surface area contributed by atoms with Crippen LogP contribution in [0.1, 0.15) is 22.6 Å². The molecule has 0 fully saturated rings. The van der Waals surface area contributed by atoms with Gasteiger partial charge in [0.1, 0.15) is 0 Å². The zero-order valence-electron chi connectivity index (χ0n) is 65.3. The summed E-state index contributed by atoms with van der Waals surface area (Å²) in [7, 11) is 8.52. The van der Waals surface area contributed by atoms with Crippen molar-refractivity contribution in [1.29, 1.82) is 0 Å². The van der Waals surface area contributed by atoms with Crippen LogP contribution in [0.15, 0.2) is 437 Å². The van der Waals surface area contributed by atoms with Gasteiger partial charge in [-0.1, -0.05) is 303 Å². The molecule has 0 atom stereocenters. The maximum absolute atomic E-state index is 2.40. The number of benzene rings is 18. The summed E-state index contributed by atoms with van der Waals surface area (Å²) in [5.74, 6) is 0.258. The van der Waals surface area contributed by atoms with Gasteiger partial charge in [-0.2, -0.15) is 0 Å². The number of hydrogen-bond acceptors (Lipinski definition) is 4. The van der Waals surface area contributed by atoms with Gasteiger partial charge in [-0.15, -0.1) is 0 Å². The van der Waals surface area contributed by atoms with Crippen LogP contribution in [-0.4, -0.2) is 41.9 Å². The summed E-state index contributed by atoms with van der Waals surface area (Å²) >= 11 is 0. The molecule has 7 heteroatoms. The van der Waals surface area contributed by atoms with Crippen molar-refractivity contribution in [2.45, 2.75) is 5.92 Å². The topological polar surface area (TPSA) is 27.8 Å². The van der Waals surface area contributed by atoms with Crippen LogP contribution in [0.4, 0.5) is 45.5 Å². The Balaban J connectivity index is 0.000000103. The number of hydrogen-bond donors (Lipinski definition) is 0. The molecule has 0 radical (unpaired) electrons. The second kappa shape index (κ2) is 31.3. The molecular weight excluding hydrogens is 1410 g/mol. The zero-order valence-corrected chi connectivity index (χ0v) is 65.3. The van der Waals surface area contributed by atoms with Crippen molar-refractivity contribution in [3.63, 3.8) is 0 Å². The third kappa shape index (κ3) is 13.1. The highest BCUT2D eigenvalue weighted by Gasteiger charge is 2.31. The molecule has 1 aliphatic carbocycles. The number of nitrogens with zero attached hydrogens (tertiary/aromatic N) is 7. The molecule has 556 valence electrons. The Labute approximate surface area is 677 Å². The average Bonchev–Trinajstić information content (AvgIpc) is 1.58. The fourth-order valence-electron chi connectivity index (χ4n) is 17.6. The van der Waals surface area contributed by atoms with Crippen molar-refractivity contribution in [2.24, 2.45) is 0 Å². The highest BCUT2D eigenvalue weighted by molar-refractivity contribution is 6.13. The Kier molecular flexibility index (Phi) is 19.3. The van der Waals surface area contributed by atoms with E-state index in [0.29, 0.717) is 0 Å². The zero-order chi connectivity index (χ0) is 78.0. The summed E-state index contributed by atoms with van der Waals surface area (Å²) in [5, 5.41) is 12.8. The summed E-state index contributed by atoms with van der Waals surface area (Å²) in [5.41, 5.74) is 27.3. The van der Waals surface area contributed by atoms with Crippen LogP contribution in [-0.2, 0) is 0 Å². The first kappa shape index (κ1) is 71.4. The minimum atomic E-state index is 0.258. The first-order valence-electron chi connectivity index (χ1n) is 39.8. The second-order valence-electron chi connectivity index (χ2n) is 29.7. The molecule has 0 spiro atoms. The van der Waals surface area contributed by atoms with Gasteiger partial charge in [0.2, 0.25) is 0 Å². The lowest BCUT2D eigenvalue weighted by Gasteiger charge is -2.23. The van der Waals surface area contributed by atoms with Gasteiger partial charge < -0.3 is 33.3 Å². The molecule has 3 heterocycles. The minimum Gasteiger partial charge on any atom is -0.345 e. The second-order valence-corrected chi connectivity index (χ2v) is 29.7. The largest absolute Gasteiger partial charge is 0.345 e. The first-order valence-corrected chi connectivity index (χ1v) is 39.8. The van der Waals surface area contributed by atoms with Gasteiger partial charge in [0.15, 0.2) is 0 Å². The lowest BCUT2D eigenvalue weighted by Crippen LogP contribution is -2.12. The Morgan fingerprint density at radius 1 is 0.181 bits per heavy atom. The molecule has 1 aliphatic rings. The van der Waals surface area contributed by atoms with Crippen LogP contribution in [0, 0.1) is 0 Å². The molecule has 21 aromatic rings. The van der Waals surface area contributed by atoms with E-state index in [2.05, 4.69) is 492 Å². The van der Waals surface area contributed by atoms with Gasteiger partial charge in [0, 0.05) is 128 Å².